The van der Waals surface area contributed by atoms with Crippen molar-refractivity contribution in [3.63, 3.8) is 0 Å². The van der Waals surface area contributed by atoms with Crippen molar-refractivity contribution < 1.29 is 28.6 Å². The molecule has 0 spiro atoms. The minimum atomic E-state index is -0.407. The van der Waals surface area contributed by atoms with Crippen molar-refractivity contribution in [3.8, 4) is 0 Å². The van der Waals surface area contributed by atoms with Gasteiger partial charge in [0.25, 0.3) is 0 Å². The molecule has 18 bridgehead atoms. The Bertz CT molecular complexity index is 5080. The normalized spacial score (nSPS) is 12.0. The highest BCUT2D eigenvalue weighted by molar-refractivity contribution is 6.04. The third kappa shape index (κ3) is 21.7. The SMILES string of the molecule is CC(C)CCC[C@H](C)CCOC(=O)c1cc2c#cc3ccc4cc5ccc(c#cc6cc(C(=O)OCC[C@@H](C)CCCC(C)C)cc(c#cc7ccc8cc9ccc(c#cc%10cc(C(=O)OCC[C@@H](C)CCCC(C)C)cc(c#cc%11ccc%12cc%13ccc(c#cc(c1)c2)cc%13cc%12c%11)c%10)cc9cc8c7)c6)cc5cc4c3. The zero-order valence-electron chi connectivity index (χ0n) is 65.6. The second-order valence-corrected chi connectivity index (χ2v) is 31.9. The van der Waals surface area contributed by atoms with Gasteiger partial charge < -0.3 is 14.2 Å². The largest absolute Gasteiger partial charge is 0.462 e. The van der Waals surface area contributed by atoms with Crippen molar-refractivity contribution in [1.82, 2.24) is 0 Å². The quantitative estimate of drug-likeness (QED) is 0.0341. The second kappa shape index (κ2) is 36.5. The summed E-state index contributed by atoms with van der Waals surface area (Å²) in [6, 6.07) is 108. The molecule has 0 aliphatic rings. The molecule has 3 atom stereocenters. The summed E-state index contributed by atoms with van der Waals surface area (Å²) in [5.41, 5.74) is 1.18. The van der Waals surface area contributed by atoms with E-state index in [1.165, 1.54) is 19.3 Å². The lowest BCUT2D eigenvalue weighted by Crippen LogP contribution is -2.09. The maximum absolute atomic E-state index is 14.0. The molecule has 0 saturated carbocycles. The number of hydrogen-bond acceptors (Lipinski definition) is 6. The summed E-state index contributed by atoms with van der Waals surface area (Å²) in [5.74, 6) is 2.04. The van der Waals surface area contributed by atoms with Gasteiger partial charge in [-0.25, -0.2) is 14.4 Å². The molecule has 13 rings (SSSR count). The van der Waals surface area contributed by atoms with E-state index < -0.39 is 17.9 Å². The van der Waals surface area contributed by atoms with Crippen molar-refractivity contribution in [1.29, 1.82) is 0 Å². The Labute approximate surface area is 656 Å². The molecule has 0 amide bonds. The van der Waals surface area contributed by atoms with Gasteiger partial charge >= 0.3 is 17.9 Å². The first-order chi connectivity index (χ1) is 53.8. The first kappa shape index (κ1) is 77.1. The topological polar surface area (TPSA) is 78.9 Å². The van der Waals surface area contributed by atoms with Gasteiger partial charge in [0, 0.05) is 64.6 Å². The van der Waals surface area contributed by atoms with E-state index in [2.05, 4.69) is 244 Å². The molecular weight excluding hydrogens is 1360 g/mol. The van der Waals surface area contributed by atoms with Crippen LogP contribution in [0, 0.1) is 108 Å². The molecule has 0 saturated heterocycles. The Balaban J connectivity index is 0.923. The fourth-order valence-corrected chi connectivity index (χ4v) is 14.4. The Morgan fingerprint density at radius 3 is 0.604 bits per heavy atom. The molecule has 111 heavy (non-hydrogen) atoms. The van der Waals surface area contributed by atoms with Gasteiger partial charge in [-0.3, -0.25) is 0 Å². The lowest BCUT2D eigenvalue weighted by atomic mass is 9.98. The molecule has 0 N–H and O–H groups in total. The number of hydrogen-bond donors (Lipinski definition) is 0. The third-order valence-corrected chi connectivity index (χ3v) is 21.0. The molecule has 0 aromatic heterocycles. The van der Waals surface area contributed by atoms with Gasteiger partial charge in [0.2, 0.25) is 0 Å². The minimum Gasteiger partial charge on any atom is -0.462 e. The molecule has 0 heterocycles. The molecule has 0 aliphatic heterocycles. The van der Waals surface area contributed by atoms with E-state index in [4.69, 9.17) is 14.2 Å². The molecule has 552 valence electrons. The van der Waals surface area contributed by atoms with Gasteiger partial charge in [0.15, 0.2) is 0 Å². The summed E-state index contributed by atoms with van der Waals surface area (Å²) < 4.78 is 17.9. The fourth-order valence-electron chi connectivity index (χ4n) is 14.4. The zero-order valence-corrected chi connectivity index (χ0v) is 65.6. The molecular formula is C105H96O6. The molecule has 0 aliphatic carbocycles. The Kier molecular flexibility index (Phi) is 25.3. The van der Waals surface area contributed by atoms with Gasteiger partial charge in [0.05, 0.1) is 36.5 Å². The molecule has 6 heteroatoms. The second-order valence-electron chi connectivity index (χ2n) is 31.9. The summed E-state index contributed by atoms with van der Waals surface area (Å²) in [6.45, 7) is 21.2. The average molecular weight is 1450 g/mol. The first-order valence-electron chi connectivity index (χ1n) is 39.8. The van der Waals surface area contributed by atoms with Crippen LogP contribution >= 0.6 is 0 Å². The number of carbonyl (C=O) groups excluding carboxylic acids is 3. The van der Waals surface area contributed by atoms with Gasteiger partial charge in [-0.1, -0.05) is 229 Å². The Hall–Kier alpha value is -12.0. The number of rotatable bonds is 24. The monoisotopic (exact) mass is 1450 g/mol. The summed E-state index contributed by atoms with van der Waals surface area (Å²) >= 11 is 0. The molecule has 0 radical (unpaired) electrons. The van der Waals surface area contributed by atoms with Crippen LogP contribution in [0.4, 0.5) is 0 Å². The van der Waals surface area contributed by atoms with Crippen LogP contribution in [0.3, 0.4) is 0 Å². The Morgan fingerprint density at radius 2 is 0.405 bits per heavy atom. The average Bonchev–Trinajstić information content (AvgIpc) is 0.797. The number of esters is 3. The van der Waals surface area contributed by atoms with Crippen LogP contribution in [0.1, 0.15) is 170 Å². The molecule has 13 aromatic rings. The van der Waals surface area contributed by atoms with E-state index >= 15 is 0 Å². The van der Waals surface area contributed by atoms with E-state index in [0.29, 0.717) is 104 Å². The maximum atomic E-state index is 14.0. The summed E-state index contributed by atoms with van der Waals surface area (Å²) in [6.07, 6.45) is 12.6. The van der Waals surface area contributed by atoms with Crippen LogP contribution in [-0.2, 0) is 14.2 Å². The fraction of sp³-hybridized carbons (Fsp3) is 0.286. The van der Waals surface area contributed by atoms with Crippen LogP contribution in [0.15, 0.2) is 200 Å². The van der Waals surface area contributed by atoms with E-state index in [1.807, 2.05) is 54.6 Å². The number of carbonyl (C=O) groups is 3. The van der Waals surface area contributed by atoms with Crippen LogP contribution in [0.2, 0.25) is 0 Å². The van der Waals surface area contributed by atoms with Crippen molar-refractivity contribution >= 4 is 147 Å². The summed E-state index contributed by atoms with van der Waals surface area (Å²) in [4.78, 5) is 42.0. The van der Waals surface area contributed by atoms with Gasteiger partial charge in [0.1, 0.15) is 0 Å². The highest BCUT2D eigenvalue weighted by atomic mass is 16.5. The van der Waals surface area contributed by atoms with E-state index in [-0.39, 0.29) is 0 Å². The molecule has 13 aromatic carbocycles. The predicted octanol–water partition coefficient (Wildman–Crippen LogP) is 27.2. The molecule has 6 nitrogen and oxygen atoms in total. The summed E-state index contributed by atoms with van der Waals surface area (Å²) in [5, 5.41) is 21.2. The summed E-state index contributed by atoms with van der Waals surface area (Å²) in [7, 11) is 0. The standard InChI is InChI=1S/C105H96O6/c1-70(2)13-10-16-73(7)43-46-109-103(106)100-58-82-25-19-76-31-37-88-64-90-39-33-78(54-96(90)67-94(88)52-76)21-27-84-50-86(62-101(60-84)104(107)110-47-44-74(8)17-11-14-71(3)4)29-23-80-35-41-92-66-93-42-36-81(57-99(93)69-98(92)56-80)24-30-87-51-85(61-102(63-87)105(108)111-48-45-75(9)18-12-15-72(5)6)28-22-79-34-40-91-65-89-38-32-77(20-26-83(49-82)59-100)53-95(89)68-97(91)55-79/h31-42,49-75H,10-18,43-48H2,1-9H3/t73-,74-,75-/m0/s1. The third-order valence-electron chi connectivity index (χ3n) is 21.0. The smallest absolute Gasteiger partial charge is 0.338 e. The number of fused-ring (bicyclic) bond motifs is 12. The van der Waals surface area contributed by atoms with Crippen LogP contribution in [-0.4, -0.2) is 37.7 Å². The van der Waals surface area contributed by atoms with E-state index in [0.717, 1.165) is 155 Å². The van der Waals surface area contributed by atoms with Crippen molar-refractivity contribution in [2.45, 2.75) is 139 Å². The predicted molar refractivity (Wildman–Crippen MR) is 460 cm³/mol. The lowest BCUT2D eigenvalue weighted by Gasteiger charge is -2.12. The maximum Gasteiger partial charge on any atom is 0.338 e. The molecule has 0 fully saturated rings. The highest BCUT2D eigenvalue weighted by Gasteiger charge is 2.15. The lowest BCUT2D eigenvalue weighted by molar-refractivity contribution is 0.0474. The van der Waals surface area contributed by atoms with Crippen LogP contribution < -0.4 is 0 Å². The first-order valence-corrected chi connectivity index (χ1v) is 39.8. The van der Waals surface area contributed by atoms with Crippen LogP contribution in [0.5, 0.6) is 0 Å². The zero-order chi connectivity index (χ0) is 77.3. The van der Waals surface area contributed by atoms with E-state index in [9.17, 15) is 14.4 Å². The van der Waals surface area contributed by atoms with Gasteiger partial charge in [-0.2, -0.15) is 0 Å². The van der Waals surface area contributed by atoms with Crippen molar-refractivity contribution in [3.05, 3.63) is 290 Å². The number of ether oxygens (including phenoxy) is 3. The number of benzene rings is 12. The van der Waals surface area contributed by atoms with Gasteiger partial charge in [-0.05, 0) is 283 Å². The van der Waals surface area contributed by atoms with Crippen molar-refractivity contribution in [2.24, 2.45) is 35.5 Å². The highest BCUT2D eigenvalue weighted by Crippen LogP contribution is 2.30. The van der Waals surface area contributed by atoms with E-state index in [1.54, 1.807) is 36.4 Å². The van der Waals surface area contributed by atoms with Gasteiger partial charge in [-0.15, -0.1) is 0 Å². The minimum absolute atomic E-state index is 0.325. The Morgan fingerprint density at radius 1 is 0.216 bits per heavy atom. The van der Waals surface area contributed by atoms with Crippen LogP contribution in [0.25, 0.3) is 129 Å². The van der Waals surface area contributed by atoms with Crippen molar-refractivity contribution in [2.75, 3.05) is 19.8 Å². The molecule has 0 unspecified atom stereocenters.